The van der Waals surface area contributed by atoms with Gasteiger partial charge in [-0.2, -0.15) is 4.40 Å². The van der Waals surface area contributed by atoms with E-state index in [2.05, 4.69) is 103 Å². The van der Waals surface area contributed by atoms with Crippen LogP contribution in [0.25, 0.3) is 27.6 Å². The Balaban J connectivity index is 2.09. The fraction of sp³-hybridized carbons (Fsp3) is 0.600. The van der Waals surface area contributed by atoms with Gasteiger partial charge >= 0.3 is 5.65 Å². The van der Waals surface area contributed by atoms with Gasteiger partial charge < -0.3 is 0 Å². The standard InChI is InChI=1S/C30H42N5/c1-12-17-19(13-2)34-20-15-22(28(3,4)5)31-16-21(20)35-26(34)24-18(32-27(35)30(9,10)11)14-23(29(6,7)8)33-25(17)24/h14-17,19H,12-13H2,1-11H3/q+1. The lowest BCUT2D eigenvalue weighted by molar-refractivity contribution is -0.679. The highest BCUT2D eigenvalue weighted by Crippen LogP contribution is 2.43. The van der Waals surface area contributed by atoms with Gasteiger partial charge in [-0.25, -0.2) is 9.55 Å². The molecule has 0 bridgehead atoms. The third-order valence-electron chi connectivity index (χ3n) is 7.70. The van der Waals surface area contributed by atoms with Crippen LogP contribution in [-0.4, -0.2) is 19.4 Å². The molecule has 35 heavy (non-hydrogen) atoms. The summed E-state index contributed by atoms with van der Waals surface area (Å²) in [5, 5.41) is 1.22. The zero-order valence-electron chi connectivity index (χ0n) is 23.5. The van der Waals surface area contributed by atoms with Gasteiger partial charge in [-0.3, -0.25) is 9.97 Å². The van der Waals surface area contributed by atoms with Crippen LogP contribution in [-0.2, 0) is 16.2 Å². The summed E-state index contributed by atoms with van der Waals surface area (Å²) in [5.74, 6) is 1.43. The molecule has 186 valence electrons. The highest BCUT2D eigenvalue weighted by Gasteiger charge is 2.43. The molecule has 5 nitrogen and oxygen atoms in total. The summed E-state index contributed by atoms with van der Waals surface area (Å²) in [6.45, 7) is 24.9. The normalized spacial score (nSPS) is 18.9. The lowest BCUT2D eigenvalue weighted by Gasteiger charge is -2.30. The molecule has 4 aromatic heterocycles. The number of fused-ring (bicyclic) bond motifs is 3. The Labute approximate surface area is 210 Å². The van der Waals surface area contributed by atoms with Gasteiger partial charge in [0, 0.05) is 33.9 Å². The first kappa shape index (κ1) is 24.1. The summed E-state index contributed by atoms with van der Waals surface area (Å²) in [6, 6.07) is 4.92. The molecule has 0 saturated heterocycles. The van der Waals surface area contributed by atoms with Gasteiger partial charge in [0.15, 0.2) is 11.0 Å². The number of hydrogen-bond acceptors (Lipinski definition) is 3. The number of pyridine rings is 2. The van der Waals surface area contributed by atoms with Crippen molar-refractivity contribution in [2.24, 2.45) is 0 Å². The Hall–Kier alpha value is -2.56. The van der Waals surface area contributed by atoms with Crippen molar-refractivity contribution in [3.63, 3.8) is 0 Å². The fourth-order valence-electron chi connectivity index (χ4n) is 5.81. The fourth-order valence-corrected chi connectivity index (χ4v) is 5.81. The van der Waals surface area contributed by atoms with Crippen LogP contribution >= 0.6 is 0 Å². The monoisotopic (exact) mass is 472 g/mol. The molecule has 0 amide bonds. The van der Waals surface area contributed by atoms with E-state index in [0.29, 0.717) is 12.0 Å². The van der Waals surface area contributed by atoms with Crippen LogP contribution in [0.5, 0.6) is 0 Å². The summed E-state index contributed by atoms with van der Waals surface area (Å²) in [4.78, 5) is 15.7. The van der Waals surface area contributed by atoms with Crippen molar-refractivity contribution < 1.29 is 4.57 Å². The van der Waals surface area contributed by atoms with Gasteiger partial charge in [-0.1, -0.05) is 76.2 Å². The molecule has 1 aliphatic rings. The summed E-state index contributed by atoms with van der Waals surface area (Å²) in [5.41, 5.74) is 8.03. The SMILES string of the molecule is CCC1c2nc(C(C)(C)C)cc3nc(C(C)(C)C)n4c5cnc(C(C)(C)C)cc5[n+](c4c23)C1CC. The molecule has 5 heteroatoms. The molecule has 1 aliphatic heterocycles. The number of hydrogen-bond donors (Lipinski definition) is 0. The van der Waals surface area contributed by atoms with E-state index in [1.807, 2.05) is 0 Å². The molecule has 0 fully saturated rings. The minimum absolute atomic E-state index is 0.0162. The molecule has 5 heterocycles. The summed E-state index contributed by atoms with van der Waals surface area (Å²) >= 11 is 0. The Kier molecular flexibility index (Phi) is 5.16. The second kappa shape index (κ2) is 7.47. The van der Waals surface area contributed by atoms with Crippen LogP contribution in [0, 0.1) is 0 Å². The summed E-state index contributed by atoms with van der Waals surface area (Å²) in [7, 11) is 0. The molecule has 0 radical (unpaired) electrons. The van der Waals surface area contributed by atoms with Crippen LogP contribution in [0.15, 0.2) is 18.3 Å². The van der Waals surface area contributed by atoms with Gasteiger partial charge in [0.25, 0.3) is 0 Å². The second-order valence-electron chi connectivity index (χ2n) is 13.5. The first-order valence-electron chi connectivity index (χ1n) is 13.3. The van der Waals surface area contributed by atoms with Crippen molar-refractivity contribution in [2.75, 3.05) is 0 Å². The molecule has 0 spiro atoms. The highest BCUT2D eigenvalue weighted by atomic mass is 15.2. The first-order chi connectivity index (χ1) is 16.2. The average molecular weight is 473 g/mol. The van der Waals surface area contributed by atoms with Crippen molar-refractivity contribution in [2.45, 2.75) is 117 Å². The number of aromatic nitrogens is 5. The number of nitrogens with zero attached hydrogens (tertiary/aromatic N) is 5. The Morgan fingerprint density at radius 2 is 1.49 bits per heavy atom. The summed E-state index contributed by atoms with van der Waals surface area (Å²) in [6.07, 6.45) is 4.19. The Morgan fingerprint density at radius 3 is 2.03 bits per heavy atom. The van der Waals surface area contributed by atoms with Crippen LogP contribution in [0.4, 0.5) is 0 Å². The minimum Gasteiger partial charge on any atom is -0.256 e. The van der Waals surface area contributed by atoms with Crippen LogP contribution in [0.3, 0.4) is 0 Å². The van der Waals surface area contributed by atoms with Crippen molar-refractivity contribution in [3.8, 4) is 0 Å². The first-order valence-corrected chi connectivity index (χ1v) is 13.3. The van der Waals surface area contributed by atoms with Crippen molar-refractivity contribution in [1.82, 2.24) is 19.4 Å². The van der Waals surface area contributed by atoms with Crippen LogP contribution in [0.2, 0.25) is 0 Å². The second-order valence-corrected chi connectivity index (χ2v) is 13.5. The zero-order valence-corrected chi connectivity index (χ0v) is 23.5. The van der Waals surface area contributed by atoms with Gasteiger partial charge in [0.2, 0.25) is 5.82 Å². The smallest absolute Gasteiger partial charge is 0.256 e. The molecular formula is C30H42N5+. The van der Waals surface area contributed by atoms with Gasteiger partial charge in [-0.15, -0.1) is 0 Å². The molecule has 0 saturated carbocycles. The largest absolute Gasteiger partial charge is 0.300 e. The van der Waals surface area contributed by atoms with E-state index in [-0.39, 0.29) is 16.2 Å². The molecule has 0 N–H and O–H groups in total. The average Bonchev–Trinajstić information content (AvgIpc) is 3.09. The molecule has 0 aromatic carbocycles. The zero-order chi connectivity index (χ0) is 25.7. The quantitative estimate of drug-likeness (QED) is 0.293. The lowest BCUT2D eigenvalue weighted by atomic mass is 9.84. The highest BCUT2D eigenvalue weighted by molar-refractivity contribution is 5.96. The van der Waals surface area contributed by atoms with Gasteiger partial charge in [-0.05, 0) is 18.9 Å². The predicted molar refractivity (Wildman–Crippen MR) is 144 cm³/mol. The van der Waals surface area contributed by atoms with E-state index in [0.717, 1.165) is 41.1 Å². The van der Waals surface area contributed by atoms with Crippen molar-refractivity contribution in [1.29, 1.82) is 0 Å². The Morgan fingerprint density at radius 1 is 0.829 bits per heavy atom. The maximum absolute atomic E-state index is 5.38. The third-order valence-corrected chi connectivity index (χ3v) is 7.70. The molecule has 0 aliphatic carbocycles. The van der Waals surface area contributed by atoms with E-state index < -0.39 is 0 Å². The number of rotatable bonds is 2. The van der Waals surface area contributed by atoms with E-state index in [4.69, 9.17) is 15.0 Å². The van der Waals surface area contributed by atoms with Gasteiger partial charge in [0.1, 0.15) is 11.4 Å². The molecule has 5 rings (SSSR count). The topological polar surface area (TPSA) is 47.0 Å². The molecule has 2 atom stereocenters. The van der Waals surface area contributed by atoms with E-state index in [1.54, 1.807) is 0 Å². The number of imidazole rings is 1. The summed E-state index contributed by atoms with van der Waals surface area (Å²) < 4.78 is 5.01. The predicted octanol–water partition coefficient (Wildman–Crippen LogP) is 7.07. The van der Waals surface area contributed by atoms with Crippen LogP contribution < -0.4 is 4.57 Å². The lowest BCUT2D eigenvalue weighted by Crippen LogP contribution is -2.46. The maximum atomic E-state index is 5.38. The van der Waals surface area contributed by atoms with Gasteiger partial charge in [0.05, 0.1) is 23.1 Å². The molecule has 2 unspecified atom stereocenters. The van der Waals surface area contributed by atoms with Crippen molar-refractivity contribution >= 4 is 27.6 Å². The molecule has 4 aromatic rings. The van der Waals surface area contributed by atoms with Crippen LogP contribution in [0.1, 0.15) is 124 Å². The molecular weight excluding hydrogens is 430 g/mol. The van der Waals surface area contributed by atoms with E-state index >= 15 is 0 Å². The maximum Gasteiger partial charge on any atom is 0.300 e. The third kappa shape index (κ3) is 3.48. The Bertz CT molecular complexity index is 1470. The van der Waals surface area contributed by atoms with E-state index in [9.17, 15) is 0 Å². The van der Waals surface area contributed by atoms with Crippen molar-refractivity contribution in [3.05, 3.63) is 41.2 Å². The minimum atomic E-state index is -0.130. The van der Waals surface area contributed by atoms with E-state index in [1.165, 1.54) is 22.2 Å².